The summed E-state index contributed by atoms with van der Waals surface area (Å²) in [5, 5.41) is 0. The van der Waals surface area contributed by atoms with Crippen LogP contribution in [0.3, 0.4) is 0 Å². The van der Waals surface area contributed by atoms with Crippen molar-refractivity contribution >= 4 is 0 Å². The summed E-state index contributed by atoms with van der Waals surface area (Å²) in [6, 6.07) is 0. The zero-order valence-electron chi connectivity index (χ0n) is 11.8. The van der Waals surface area contributed by atoms with Crippen LogP contribution in [0, 0.1) is 23.7 Å². The van der Waals surface area contributed by atoms with E-state index in [-0.39, 0.29) is 0 Å². The summed E-state index contributed by atoms with van der Waals surface area (Å²) in [5.74, 6) is 2.63. The van der Waals surface area contributed by atoms with Crippen LogP contribution in [0.5, 0.6) is 0 Å². The van der Waals surface area contributed by atoms with Crippen LogP contribution in [0.2, 0.25) is 0 Å². The molecule has 17 heavy (non-hydrogen) atoms. The molecule has 2 atom stereocenters. The van der Waals surface area contributed by atoms with Gasteiger partial charge in [0.25, 0.3) is 0 Å². The number of alkyl halides is 1. The molecule has 0 heterocycles. The molecule has 0 aliphatic heterocycles. The Bertz CT molecular complexity index is 242. The summed E-state index contributed by atoms with van der Waals surface area (Å²) in [6.45, 7) is 6.47. The van der Waals surface area contributed by atoms with Crippen LogP contribution < -0.4 is 0 Å². The average Bonchev–Trinajstić information content (AvgIpc) is 2.25. The molecule has 0 spiro atoms. The lowest BCUT2D eigenvalue weighted by Crippen LogP contribution is -2.38. The van der Waals surface area contributed by atoms with Crippen LogP contribution in [0.4, 0.5) is 4.39 Å². The van der Waals surface area contributed by atoms with Gasteiger partial charge in [0.05, 0.1) is 0 Å². The van der Waals surface area contributed by atoms with Crippen LogP contribution in [0.15, 0.2) is 0 Å². The molecule has 3 saturated carbocycles. The van der Waals surface area contributed by atoms with Gasteiger partial charge < -0.3 is 0 Å². The van der Waals surface area contributed by atoms with Crippen molar-refractivity contribution in [3.8, 4) is 0 Å². The summed E-state index contributed by atoms with van der Waals surface area (Å²) >= 11 is 0. The van der Waals surface area contributed by atoms with Crippen molar-refractivity contribution < 1.29 is 4.39 Å². The lowest BCUT2D eigenvalue weighted by atomic mass is 9.65. The smallest absolute Gasteiger partial charge is 0.113 e. The third-order valence-corrected chi connectivity index (χ3v) is 5.49. The quantitative estimate of drug-likeness (QED) is 0.609. The van der Waals surface area contributed by atoms with Gasteiger partial charge in [0.2, 0.25) is 0 Å². The van der Waals surface area contributed by atoms with Gasteiger partial charge in [-0.15, -0.1) is 0 Å². The van der Waals surface area contributed by atoms with Crippen molar-refractivity contribution in [1.29, 1.82) is 0 Å². The Labute approximate surface area is 106 Å². The van der Waals surface area contributed by atoms with Gasteiger partial charge in [0.1, 0.15) is 5.67 Å². The van der Waals surface area contributed by atoms with Gasteiger partial charge in [0, 0.05) is 0 Å². The van der Waals surface area contributed by atoms with Gasteiger partial charge in [-0.3, -0.25) is 0 Å². The Hall–Kier alpha value is -0.0700. The van der Waals surface area contributed by atoms with Gasteiger partial charge in [0.15, 0.2) is 0 Å². The number of hydrogen-bond acceptors (Lipinski definition) is 0. The van der Waals surface area contributed by atoms with E-state index in [0.717, 1.165) is 31.1 Å². The Kier molecular flexibility index (Phi) is 4.15. The number of rotatable bonds is 2. The van der Waals surface area contributed by atoms with Crippen molar-refractivity contribution in [3.63, 3.8) is 0 Å². The van der Waals surface area contributed by atoms with E-state index in [4.69, 9.17) is 0 Å². The normalized spacial score (nSPS) is 43.2. The highest BCUT2D eigenvalue weighted by Crippen LogP contribution is 2.47. The van der Waals surface area contributed by atoms with Crippen LogP contribution in [-0.2, 0) is 0 Å². The minimum absolute atomic E-state index is 0.296. The molecule has 2 bridgehead atoms. The standard InChI is InChI=1S/C16H29F/c1-4-16(17)9-8-14-10-13(11-14)6-5-7-15(16)12(2)3/h12-15H,4-11H2,1-3H3. The van der Waals surface area contributed by atoms with E-state index in [0.29, 0.717) is 18.3 Å². The molecule has 3 fully saturated rings. The Balaban J connectivity index is 2.06. The first-order valence-corrected chi connectivity index (χ1v) is 7.74. The molecule has 0 radical (unpaired) electrons. The summed E-state index contributed by atoms with van der Waals surface area (Å²) in [5.41, 5.74) is -0.878. The molecule has 0 saturated heterocycles. The minimum Gasteiger partial charge on any atom is -0.244 e. The van der Waals surface area contributed by atoms with Crippen LogP contribution >= 0.6 is 0 Å². The van der Waals surface area contributed by atoms with Crippen LogP contribution in [0.25, 0.3) is 0 Å². The van der Waals surface area contributed by atoms with Crippen molar-refractivity contribution in [3.05, 3.63) is 0 Å². The molecule has 1 heteroatoms. The van der Waals surface area contributed by atoms with Gasteiger partial charge in [-0.05, 0) is 62.2 Å². The molecular formula is C16H29F. The van der Waals surface area contributed by atoms with Gasteiger partial charge in [-0.2, -0.15) is 0 Å². The molecule has 2 unspecified atom stereocenters. The maximum Gasteiger partial charge on any atom is 0.113 e. The Morgan fingerprint density at radius 3 is 2.35 bits per heavy atom. The second-order valence-corrected chi connectivity index (χ2v) is 6.91. The van der Waals surface area contributed by atoms with E-state index in [1.165, 1.54) is 25.7 Å². The molecule has 0 aromatic heterocycles. The lowest BCUT2D eigenvalue weighted by molar-refractivity contribution is 0.00701. The molecule has 3 rings (SSSR count). The fourth-order valence-corrected chi connectivity index (χ4v) is 4.23. The van der Waals surface area contributed by atoms with E-state index in [2.05, 4.69) is 13.8 Å². The largest absolute Gasteiger partial charge is 0.244 e. The third-order valence-electron chi connectivity index (χ3n) is 5.49. The van der Waals surface area contributed by atoms with Crippen LogP contribution in [0.1, 0.15) is 72.1 Å². The van der Waals surface area contributed by atoms with Crippen LogP contribution in [-0.4, -0.2) is 5.67 Å². The third kappa shape index (κ3) is 2.85. The maximum absolute atomic E-state index is 15.2. The highest BCUT2D eigenvalue weighted by atomic mass is 19.1. The highest BCUT2D eigenvalue weighted by Gasteiger charge is 2.41. The fourth-order valence-electron chi connectivity index (χ4n) is 4.23. The minimum atomic E-state index is -0.878. The zero-order valence-corrected chi connectivity index (χ0v) is 11.8. The summed E-state index contributed by atoms with van der Waals surface area (Å²) in [4.78, 5) is 0. The van der Waals surface area contributed by atoms with Crippen molar-refractivity contribution in [2.45, 2.75) is 77.8 Å². The first-order chi connectivity index (χ1) is 8.05. The predicted octanol–water partition coefficient (Wildman–Crippen LogP) is 5.37. The van der Waals surface area contributed by atoms with Gasteiger partial charge in [-0.1, -0.05) is 33.6 Å². The topological polar surface area (TPSA) is 0 Å². The summed E-state index contributed by atoms with van der Waals surface area (Å²) in [7, 11) is 0. The average molecular weight is 240 g/mol. The van der Waals surface area contributed by atoms with E-state index in [1.54, 1.807) is 0 Å². The maximum atomic E-state index is 15.2. The van der Waals surface area contributed by atoms with E-state index in [9.17, 15) is 0 Å². The second kappa shape index (κ2) is 5.28. The van der Waals surface area contributed by atoms with Crippen molar-refractivity contribution in [2.24, 2.45) is 23.7 Å². The van der Waals surface area contributed by atoms with Gasteiger partial charge in [-0.25, -0.2) is 4.39 Å². The fraction of sp³-hybridized carbons (Fsp3) is 1.00. The number of halogens is 1. The predicted molar refractivity (Wildman–Crippen MR) is 71.8 cm³/mol. The lowest BCUT2D eigenvalue weighted by Gasteiger charge is -2.43. The molecule has 0 N–H and O–H groups in total. The zero-order chi connectivity index (χ0) is 12.5. The highest BCUT2D eigenvalue weighted by molar-refractivity contribution is 4.92. The molecule has 0 aromatic carbocycles. The Morgan fingerprint density at radius 1 is 1.12 bits per heavy atom. The molecule has 3 aliphatic rings. The van der Waals surface area contributed by atoms with Crippen molar-refractivity contribution in [2.75, 3.05) is 0 Å². The Morgan fingerprint density at radius 2 is 1.76 bits per heavy atom. The van der Waals surface area contributed by atoms with E-state index >= 15 is 4.39 Å². The van der Waals surface area contributed by atoms with Crippen molar-refractivity contribution in [1.82, 2.24) is 0 Å². The van der Waals surface area contributed by atoms with Gasteiger partial charge >= 0.3 is 0 Å². The molecule has 0 aromatic rings. The summed E-state index contributed by atoms with van der Waals surface area (Å²) in [6.07, 6.45) is 9.20. The SMILES string of the molecule is CCC1(F)CCC2CC(CCCC1C(C)C)C2. The van der Waals surface area contributed by atoms with E-state index in [1.807, 2.05) is 6.92 Å². The summed E-state index contributed by atoms with van der Waals surface area (Å²) < 4.78 is 15.2. The molecule has 0 nitrogen and oxygen atoms in total. The number of hydrogen-bond donors (Lipinski definition) is 0. The second-order valence-electron chi connectivity index (χ2n) is 6.91. The molecule has 0 amide bonds. The molecule has 3 aliphatic carbocycles. The molecular weight excluding hydrogens is 211 g/mol. The monoisotopic (exact) mass is 240 g/mol. The number of fused-ring (bicyclic) bond motifs is 6. The van der Waals surface area contributed by atoms with E-state index < -0.39 is 5.67 Å². The first kappa shape index (κ1) is 13.4. The molecule has 100 valence electrons. The first-order valence-electron chi connectivity index (χ1n) is 7.74.